The highest BCUT2D eigenvalue weighted by molar-refractivity contribution is 6.31. The number of anilines is 3. The number of nitrogens with one attached hydrogen (secondary N) is 1. The number of halogens is 1. The van der Waals surface area contributed by atoms with Gasteiger partial charge in [-0.25, -0.2) is 4.79 Å². The first-order chi connectivity index (χ1) is 12.0. The molecule has 3 rings (SSSR count). The van der Waals surface area contributed by atoms with Crippen LogP contribution in [0.25, 0.3) is 0 Å². The maximum absolute atomic E-state index is 12.4. The lowest BCUT2D eigenvalue weighted by molar-refractivity contribution is -0.124. The van der Waals surface area contributed by atoms with Crippen LogP contribution in [0.15, 0.2) is 42.5 Å². The van der Waals surface area contributed by atoms with Crippen LogP contribution in [0, 0.1) is 0 Å². The monoisotopic (exact) mass is 359 g/mol. The van der Waals surface area contributed by atoms with Gasteiger partial charge in [0.2, 0.25) is 5.91 Å². The fraction of sp³-hybridized carbons (Fsp3) is 0.118. The van der Waals surface area contributed by atoms with Crippen molar-refractivity contribution in [1.82, 2.24) is 0 Å². The van der Waals surface area contributed by atoms with Gasteiger partial charge in [0.1, 0.15) is 6.54 Å². The summed E-state index contributed by atoms with van der Waals surface area (Å²) in [4.78, 5) is 37.5. The van der Waals surface area contributed by atoms with Gasteiger partial charge in [0.05, 0.1) is 16.9 Å². The third-order valence-electron chi connectivity index (χ3n) is 3.63. The van der Waals surface area contributed by atoms with Crippen molar-refractivity contribution in [2.45, 2.75) is 0 Å². The molecule has 0 unspecified atom stereocenters. The highest BCUT2D eigenvalue weighted by Crippen LogP contribution is 2.29. The van der Waals surface area contributed by atoms with Crippen LogP contribution in [-0.2, 0) is 14.3 Å². The van der Waals surface area contributed by atoms with Gasteiger partial charge < -0.3 is 15.8 Å². The SMILES string of the molecule is Nc1ccc(Cl)cc1C(=O)OCC(=O)N1CC(=O)Nc2ccccc21. The first-order valence-electron chi connectivity index (χ1n) is 7.37. The zero-order valence-corrected chi connectivity index (χ0v) is 13.7. The van der Waals surface area contributed by atoms with E-state index >= 15 is 0 Å². The standard InChI is InChI=1S/C17H14ClN3O4/c18-10-5-6-12(19)11(7-10)17(24)25-9-16(23)21-8-15(22)20-13-3-1-2-4-14(13)21/h1-7H,8-9,19H2,(H,20,22). The molecule has 1 heterocycles. The summed E-state index contributed by atoms with van der Waals surface area (Å²) in [5.74, 6) is -1.60. The minimum atomic E-state index is -0.761. The quantitative estimate of drug-likeness (QED) is 0.645. The molecule has 8 heteroatoms. The first-order valence-corrected chi connectivity index (χ1v) is 7.75. The van der Waals surface area contributed by atoms with E-state index in [4.69, 9.17) is 22.1 Å². The van der Waals surface area contributed by atoms with Crippen molar-refractivity contribution in [2.24, 2.45) is 0 Å². The van der Waals surface area contributed by atoms with Crippen molar-refractivity contribution in [3.05, 3.63) is 53.1 Å². The lowest BCUT2D eigenvalue weighted by Crippen LogP contribution is -2.44. The zero-order chi connectivity index (χ0) is 18.0. The van der Waals surface area contributed by atoms with E-state index < -0.39 is 18.5 Å². The Kier molecular flexibility index (Phi) is 4.58. The molecule has 3 N–H and O–H groups in total. The molecule has 0 aromatic heterocycles. The second-order valence-electron chi connectivity index (χ2n) is 5.35. The van der Waals surface area contributed by atoms with E-state index in [9.17, 15) is 14.4 Å². The Balaban J connectivity index is 1.72. The molecular weight excluding hydrogens is 346 g/mol. The number of esters is 1. The molecule has 7 nitrogen and oxygen atoms in total. The van der Waals surface area contributed by atoms with E-state index in [1.165, 1.54) is 17.0 Å². The molecule has 0 saturated carbocycles. The maximum Gasteiger partial charge on any atom is 0.340 e. The zero-order valence-electron chi connectivity index (χ0n) is 13.0. The summed E-state index contributed by atoms with van der Waals surface area (Å²) >= 11 is 5.83. The Morgan fingerprint density at radius 3 is 2.80 bits per heavy atom. The predicted octanol–water partition coefficient (Wildman–Crippen LogP) is 2.06. The number of benzene rings is 2. The lowest BCUT2D eigenvalue weighted by atomic mass is 10.2. The first kappa shape index (κ1) is 16.8. The van der Waals surface area contributed by atoms with Gasteiger partial charge in [0, 0.05) is 10.7 Å². The number of carbonyl (C=O) groups excluding carboxylic acids is 3. The van der Waals surface area contributed by atoms with Crippen LogP contribution >= 0.6 is 11.6 Å². The van der Waals surface area contributed by atoms with E-state index in [0.717, 1.165) is 0 Å². The third-order valence-corrected chi connectivity index (χ3v) is 3.87. The number of amides is 2. The number of hydrogen-bond acceptors (Lipinski definition) is 5. The van der Waals surface area contributed by atoms with Crippen LogP contribution in [0.5, 0.6) is 0 Å². The van der Waals surface area contributed by atoms with E-state index in [2.05, 4.69) is 5.32 Å². The molecule has 0 atom stereocenters. The number of hydrogen-bond donors (Lipinski definition) is 2. The number of rotatable bonds is 3. The summed E-state index contributed by atoms with van der Waals surface area (Å²) in [6.07, 6.45) is 0. The van der Waals surface area contributed by atoms with E-state index in [1.54, 1.807) is 30.3 Å². The van der Waals surface area contributed by atoms with Gasteiger partial charge in [-0.3, -0.25) is 14.5 Å². The molecule has 0 radical (unpaired) electrons. The number of nitrogen functional groups attached to an aromatic ring is 1. The van der Waals surface area contributed by atoms with Crippen LogP contribution in [0.2, 0.25) is 5.02 Å². The average molecular weight is 360 g/mol. The molecule has 0 spiro atoms. The van der Waals surface area contributed by atoms with Crippen LogP contribution in [0.3, 0.4) is 0 Å². The van der Waals surface area contributed by atoms with Gasteiger partial charge in [-0.2, -0.15) is 0 Å². The van der Waals surface area contributed by atoms with Crippen molar-refractivity contribution < 1.29 is 19.1 Å². The molecule has 1 aliphatic heterocycles. The molecule has 0 fully saturated rings. The van der Waals surface area contributed by atoms with Gasteiger partial charge >= 0.3 is 5.97 Å². The maximum atomic E-state index is 12.4. The molecule has 128 valence electrons. The number of ether oxygens (including phenoxy) is 1. The average Bonchev–Trinajstić information content (AvgIpc) is 2.60. The molecule has 0 bridgehead atoms. The summed E-state index contributed by atoms with van der Waals surface area (Å²) in [5, 5.41) is 3.01. The molecule has 0 aliphatic carbocycles. The molecule has 2 amide bonds. The fourth-order valence-corrected chi connectivity index (χ4v) is 2.62. The highest BCUT2D eigenvalue weighted by Gasteiger charge is 2.27. The van der Waals surface area contributed by atoms with Crippen molar-refractivity contribution in [3.63, 3.8) is 0 Å². The Labute approximate surface area is 148 Å². The molecule has 0 saturated heterocycles. The van der Waals surface area contributed by atoms with Gasteiger partial charge in [0.25, 0.3) is 5.91 Å². The number of carbonyl (C=O) groups is 3. The number of para-hydroxylation sites is 2. The van der Waals surface area contributed by atoms with Crippen LogP contribution in [0.4, 0.5) is 17.1 Å². The lowest BCUT2D eigenvalue weighted by Gasteiger charge is -2.28. The van der Waals surface area contributed by atoms with E-state index in [-0.39, 0.29) is 23.7 Å². The van der Waals surface area contributed by atoms with Gasteiger partial charge in [-0.15, -0.1) is 0 Å². The normalized spacial score (nSPS) is 13.0. The largest absolute Gasteiger partial charge is 0.452 e. The van der Waals surface area contributed by atoms with Gasteiger partial charge in [-0.05, 0) is 30.3 Å². The minimum absolute atomic E-state index is 0.0806. The second-order valence-corrected chi connectivity index (χ2v) is 5.79. The molecule has 1 aliphatic rings. The van der Waals surface area contributed by atoms with Crippen LogP contribution < -0.4 is 16.0 Å². The van der Waals surface area contributed by atoms with E-state index in [1.807, 2.05) is 0 Å². The summed E-state index contributed by atoms with van der Waals surface area (Å²) in [5.41, 5.74) is 7.06. The Morgan fingerprint density at radius 1 is 1.24 bits per heavy atom. The van der Waals surface area contributed by atoms with E-state index in [0.29, 0.717) is 16.4 Å². The highest BCUT2D eigenvalue weighted by atomic mass is 35.5. The Bertz CT molecular complexity index is 869. The topological polar surface area (TPSA) is 102 Å². The Hall–Kier alpha value is -3.06. The summed E-state index contributed by atoms with van der Waals surface area (Å²) < 4.78 is 5.03. The van der Waals surface area contributed by atoms with Gasteiger partial charge in [0.15, 0.2) is 6.61 Å². The molecule has 2 aromatic carbocycles. The molecule has 25 heavy (non-hydrogen) atoms. The minimum Gasteiger partial charge on any atom is -0.452 e. The summed E-state index contributed by atoms with van der Waals surface area (Å²) in [6.45, 7) is -0.668. The molecular formula is C17H14ClN3O4. The Morgan fingerprint density at radius 2 is 2.00 bits per heavy atom. The number of fused-ring (bicyclic) bond motifs is 1. The van der Waals surface area contributed by atoms with Crippen molar-refractivity contribution >= 4 is 46.4 Å². The second kappa shape index (κ2) is 6.82. The van der Waals surface area contributed by atoms with Crippen molar-refractivity contribution in [2.75, 3.05) is 29.1 Å². The summed E-state index contributed by atoms with van der Waals surface area (Å²) in [6, 6.07) is 11.3. The van der Waals surface area contributed by atoms with Crippen molar-refractivity contribution in [1.29, 1.82) is 0 Å². The molecule has 2 aromatic rings. The number of nitrogens with zero attached hydrogens (tertiary/aromatic N) is 1. The third kappa shape index (κ3) is 3.56. The summed E-state index contributed by atoms with van der Waals surface area (Å²) in [7, 11) is 0. The van der Waals surface area contributed by atoms with Crippen LogP contribution in [0.1, 0.15) is 10.4 Å². The number of nitrogens with two attached hydrogens (primary N) is 1. The predicted molar refractivity (Wildman–Crippen MR) is 93.6 cm³/mol. The van der Waals surface area contributed by atoms with Crippen LogP contribution in [-0.4, -0.2) is 30.9 Å². The van der Waals surface area contributed by atoms with Gasteiger partial charge in [-0.1, -0.05) is 23.7 Å². The van der Waals surface area contributed by atoms with Crippen molar-refractivity contribution in [3.8, 4) is 0 Å². The smallest absolute Gasteiger partial charge is 0.340 e. The fourth-order valence-electron chi connectivity index (χ4n) is 2.44.